The molecule has 0 unspecified atom stereocenters. The molecule has 1 aliphatic heterocycles. The highest BCUT2D eigenvalue weighted by molar-refractivity contribution is 7.89. The summed E-state index contributed by atoms with van der Waals surface area (Å²) in [5.41, 5.74) is 0.344. The minimum atomic E-state index is -3.66. The summed E-state index contributed by atoms with van der Waals surface area (Å²) in [6.45, 7) is 2.54. The predicted octanol–water partition coefficient (Wildman–Crippen LogP) is 0.343. The lowest BCUT2D eigenvalue weighted by atomic mass is 10.2. The van der Waals surface area contributed by atoms with E-state index in [1.807, 2.05) is 12.3 Å². The first-order chi connectivity index (χ1) is 12.5. The number of hydrogen-bond acceptors (Lipinski definition) is 5. The first-order valence-corrected chi connectivity index (χ1v) is 10.1. The van der Waals surface area contributed by atoms with Crippen LogP contribution in [0.3, 0.4) is 0 Å². The fourth-order valence-electron chi connectivity index (χ4n) is 2.81. The summed E-state index contributed by atoms with van der Waals surface area (Å²) in [5, 5.41) is 10.2. The Bertz CT molecular complexity index is 830. The predicted molar refractivity (Wildman–Crippen MR) is 97.2 cm³/mol. The molecule has 1 aliphatic rings. The first kappa shape index (κ1) is 18.6. The van der Waals surface area contributed by atoms with Gasteiger partial charge in [0, 0.05) is 43.6 Å². The van der Waals surface area contributed by atoms with Gasteiger partial charge in [-0.15, -0.1) is 0 Å². The third-order valence-corrected chi connectivity index (χ3v) is 5.68. The van der Waals surface area contributed by atoms with Crippen LogP contribution in [0.5, 0.6) is 0 Å². The molecule has 1 aromatic heterocycles. The third kappa shape index (κ3) is 4.90. The van der Waals surface area contributed by atoms with Gasteiger partial charge in [-0.3, -0.25) is 9.48 Å². The van der Waals surface area contributed by atoms with E-state index in [4.69, 9.17) is 0 Å². The van der Waals surface area contributed by atoms with E-state index in [-0.39, 0.29) is 16.8 Å². The molecule has 1 aromatic carbocycles. The number of sulfonamides is 1. The molecule has 0 saturated carbocycles. The maximum absolute atomic E-state index is 12.4. The molecule has 2 heterocycles. The molecule has 3 N–H and O–H groups in total. The van der Waals surface area contributed by atoms with E-state index in [2.05, 4.69) is 20.5 Å². The van der Waals surface area contributed by atoms with Crippen molar-refractivity contribution < 1.29 is 13.2 Å². The summed E-state index contributed by atoms with van der Waals surface area (Å²) < 4.78 is 29.2. The summed E-state index contributed by atoms with van der Waals surface area (Å²) in [7, 11) is -3.66. The van der Waals surface area contributed by atoms with Crippen LogP contribution in [0.2, 0.25) is 0 Å². The number of rotatable bonds is 8. The minimum absolute atomic E-state index is 0.0863. The molecule has 9 heteroatoms. The molecule has 1 saturated heterocycles. The van der Waals surface area contributed by atoms with Crippen molar-refractivity contribution >= 4 is 15.9 Å². The Labute approximate surface area is 153 Å². The Kier molecular flexibility index (Phi) is 6.02. The van der Waals surface area contributed by atoms with Gasteiger partial charge in [0.1, 0.15) is 0 Å². The van der Waals surface area contributed by atoms with Crippen molar-refractivity contribution in [3.63, 3.8) is 0 Å². The van der Waals surface area contributed by atoms with E-state index in [9.17, 15) is 13.2 Å². The van der Waals surface area contributed by atoms with Gasteiger partial charge >= 0.3 is 0 Å². The highest BCUT2D eigenvalue weighted by atomic mass is 32.2. The van der Waals surface area contributed by atoms with Crippen molar-refractivity contribution in [1.82, 2.24) is 25.1 Å². The number of carbonyl (C=O) groups is 1. The zero-order valence-electron chi connectivity index (χ0n) is 14.4. The lowest BCUT2D eigenvalue weighted by Gasteiger charge is -2.12. The maximum atomic E-state index is 12.4. The average Bonchev–Trinajstić information content (AvgIpc) is 3.33. The largest absolute Gasteiger partial charge is 0.348 e. The molecular formula is C17H23N5O3S. The highest BCUT2D eigenvalue weighted by Crippen LogP contribution is 2.12. The zero-order valence-corrected chi connectivity index (χ0v) is 15.2. The summed E-state index contributed by atoms with van der Waals surface area (Å²) in [6.07, 6.45) is 5.01. The van der Waals surface area contributed by atoms with Crippen molar-refractivity contribution in [2.24, 2.45) is 0 Å². The van der Waals surface area contributed by atoms with E-state index in [0.717, 1.165) is 19.5 Å². The van der Waals surface area contributed by atoms with E-state index in [1.54, 1.807) is 23.0 Å². The lowest BCUT2D eigenvalue weighted by Crippen LogP contribution is -2.36. The van der Waals surface area contributed by atoms with E-state index in [0.29, 0.717) is 25.1 Å². The smallest absolute Gasteiger partial charge is 0.251 e. The van der Waals surface area contributed by atoms with E-state index in [1.165, 1.54) is 12.1 Å². The van der Waals surface area contributed by atoms with Crippen LogP contribution in [-0.2, 0) is 16.6 Å². The van der Waals surface area contributed by atoms with Crippen LogP contribution < -0.4 is 15.4 Å². The van der Waals surface area contributed by atoms with Gasteiger partial charge in [-0.25, -0.2) is 13.1 Å². The molecular weight excluding hydrogens is 354 g/mol. The van der Waals surface area contributed by atoms with E-state index < -0.39 is 10.0 Å². The molecule has 1 atom stereocenters. The molecule has 140 valence electrons. The second-order valence-electron chi connectivity index (χ2n) is 6.21. The van der Waals surface area contributed by atoms with Crippen molar-refractivity contribution in [3.8, 4) is 0 Å². The van der Waals surface area contributed by atoms with Crippen LogP contribution in [-0.4, -0.2) is 49.8 Å². The summed E-state index contributed by atoms with van der Waals surface area (Å²) >= 11 is 0. The summed E-state index contributed by atoms with van der Waals surface area (Å²) in [5.74, 6) is -0.255. The second kappa shape index (κ2) is 8.43. The van der Waals surface area contributed by atoms with Gasteiger partial charge in [-0.2, -0.15) is 5.10 Å². The maximum Gasteiger partial charge on any atom is 0.251 e. The third-order valence-electron chi connectivity index (χ3n) is 4.22. The number of carbonyl (C=O) groups excluding carboxylic acids is 1. The SMILES string of the molecule is O=C(N[C@H]1CCNC1)c1cccc(S(=O)(=O)NCCCn2cccn2)c1. The van der Waals surface area contributed by atoms with Crippen LogP contribution in [0.4, 0.5) is 0 Å². The van der Waals surface area contributed by atoms with Crippen LogP contribution >= 0.6 is 0 Å². The lowest BCUT2D eigenvalue weighted by molar-refractivity contribution is 0.0940. The topological polar surface area (TPSA) is 105 Å². The van der Waals surface area contributed by atoms with Crippen molar-refractivity contribution in [1.29, 1.82) is 0 Å². The second-order valence-corrected chi connectivity index (χ2v) is 7.98. The van der Waals surface area contributed by atoms with Gasteiger partial charge < -0.3 is 10.6 Å². The molecule has 0 spiro atoms. The Morgan fingerprint density at radius 1 is 1.35 bits per heavy atom. The number of hydrogen-bond donors (Lipinski definition) is 3. The molecule has 0 bridgehead atoms. The average molecular weight is 377 g/mol. The number of nitrogens with one attached hydrogen (secondary N) is 3. The van der Waals surface area contributed by atoms with Crippen LogP contribution in [0.1, 0.15) is 23.2 Å². The molecule has 8 nitrogen and oxygen atoms in total. The minimum Gasteiger partial charge on any atom is -0.348 e. The quantitative estimate of drug-likeness (QED) is 0.576. The first-order valence-electron chi connectivity index (χ1n) is 8.63. The van der Waals surface area contributed by atoms with Gasteiger partial charge in [0.15, 0.2) is 0 Å². The Balaban J connectivity index is 1.57. The summed E-state index contributed by atoms with van der Waals surface area (Å²) in [4.78, 5) is 12.4. The Morgan fingerprint density at radius 2 is 2.23 bits per heavy atom. The summed E-state index contributed by atoms with van der Waals surface area (Å²) in [6, 6.07) is 8.01. The standard InChI is InChI=1S/C17H23N5O3S/c23-17(21-15-6-9-18-13-15)14-4-1-5-16(12-14)26(24,25)20-8-3-11-22-10-2-7-19-22/h1-2,4-5,7,10,12,15,18,20H,3,6,8-9,11,13H2,(H,21,23)/t15-/m0/s1. The fourth-order valence-corrected chi connectivity index (χ4v) is 3.93. The Morgan fingerprint density at radius 3 is 2.96 bits per heavy atom. The van der Waals surface area contributed by atoms with Gasteiger partial charge in [-0.1, -0.05) is 6.07 Å². The molecule has 2 aromatic rings. The van der Waals surface area contributed by atoms with Gasteiger partial charge in [0.05, 0.1) is 4.90 Å². The number of aryl methyl sites for hydroxylation is 1. The molecule has 0 aliphatic carbocycles. The molecule has 3 rings (SSSR count). The monoisotopic (exact) mass is 377 g/mol. The molecule has 0 radical (unpaired) electrons. The van der Waals surface area contributed by atoms with Crippen molar-refractivity contribution in [2.75, 3.05) is 19.6 Å². The Hall–Kier alpha value is -2.23. The highest BCUT2D eigenvalue weighted by Gasteiger charge is 2.19. The van der Waals surface area contributed by atoms with Gasteiger partial charge in [-0.05, 0) is 43.7 Å². The van der Waals surface area contributed by atoms with Crippen molar-refractivity contribution in [2.45, 2.75) is 30.3 Å². The number of nitrogens with zero attached hydrogens (tertiary/aromatic N) is 2. The molecule has 1 amide bonds. The normalized spacial score (nSPS) is 17.3. The van der Waals surface area contributed by atoms with Crippen LogP contribution in [0.25, 0.3) is 0 Å². The number of aromatic nitrogens is 2. The van der Waals surface area contributed by atoms with Crippen LogP contribution in [0, 0.1) is 0 Å². The molecule has 26 heavy (non-hydrogen) atoms. The number of amides is 1. The van der Waals surface area contributed by atoms with Crippen molar-refractivity contribution in [3.05, 3.63) is 48.3 Å². The van der Waals surface area contributed by atoms with E-state index >= 15 is 0 Å². The molecule has 1 fully saturated rings. The van der Waals surface area contributed by atoms with Gasteiger partial charge in [0.2, 0.25) is 10.0 Å². The van der Waals surface area contributed by atoms with Gasteiger partial charge in [0.25, 0.3) is 5.91 Å². The zero-order chi connectivity index (χ0) is 18.4. The van der Waals surface area contributed by atoms with Crippen LogP contribution in [0.15, 0.2) is 47.6 Å². The number of benzene rings is 1. The fraction of sp³-hybridized carbons (Fsp3) is 0.412.